The summed E-state index contributed by atoms with van der Waals surface area (Å²) in [4.78, 5) is 7.23. The second-order valence-electron chi connectivity index (χ2n) is 7.43. The van der Waals surface area contributed by atoms with E-state index < -0.39 is 0 Å². The van der Waals surface area contributed by atoms with Crippen LogP contribution in [0.3, 0.4) is 0 Å². The average Bonchev–Trinajstić information content (AvgIpc) is 2.39. The van der Waals surface area contributed by atoms with Crippen molar-refractivity contribution in [2.24, 2.45) is 28.5 Å². The van der Waals surface area contributed by atoms with E-state index in [4.69, 9.17) is 5.73 Å². The Kier molecular flexibility index (Phi) is 6.34. The summed E-state index contributed by atoms with van der Waals surface area (Å²) in [6.45, 7) is 11.2. The molecule has 2 fully saturated rings. The molecular formula is C17H34N4. The minimum atomic E-state index is 0.529. The van der Waals surface area contributed by atoms with Gasteiger partial charge in [0.2, 0.25) is 0 Å². The molecule has 2 rings (SSSR count). The summed E-state index contributed by atoms with van der Waals surface area (Å²) in [5, 5.41) is 3.30. The predicted molar refractivity (Wildman–Crippen MR) is 90.4 cm³/mol. The van der Waals surface area contributed by atoms with Crippen LogP contribution in [-0.4, -0.2) is 43.1 Å². The van der Waals surface area contributed by atoms with Gasteiger partial charge in [0.05, 0.1) is 6.54 Å². The quantitative estimate of drug-likeness (QED) is 0.584. The Morgan fingerprint density at radius 3 is 2.43 bits per heavy atom. The van der Waals surface area contributed by atoms with Gasteiger partial charge in [-0.2, -0.15) is 0 Å². The van der Waals surface area contributed by atoms with Crippen LogP contribution < -0.4 is 11.1 Å². The number of rotatable bonds is 6. The maximum atomic E-state index is 6.02. The van der Waals surface area contributed by atoms with E-state index in [1.807, 2.05) is 0 Å². The molecule has 1 heterocycles. The molecule has 122 valence electrons. The second kappa shape index (κ2) is 8.02. The van der Waals surface area contributed by atoms with Crippen molar-refractivity contribution < 1.29 is 0 Å². The molecule has 1 atom stereocenters. The van der Waals surface area contributed by atoms with Gasteiger partial charge in [-0.1, -0.05) is 27.2 Å². The lowest BCUT2D eigenvalue weighted by Crippen LogP contribution is -2.46. The van der Waals surface area contributed by atoms with E-state index in [0.717, 1.165) is 24.9 Å². The molecule has 1 saturated carbocycles. The van der Waals surface area contributed by atoms with Crippen LogP contribution in [0.1, 0.15) is 52.9 Å². The minimum Gasteiger partial charge on any atom is -0.370 e. The van der Waals surface area contributed by atoms with E-state index in [1.54, 1.807) is 0 Å². The van der Waals surface area contributed by atoms with Crippen molar-refractivity contribution in [3.63, 3.8) is 0 Å². The van der Waals surface area contributed by atoms with Crippen LogP contribution in [0, 0.1) is 17.8 Å². The Labute approximate surface area is 130 Å². The Morgan fingerprint density at radius 2 is 1.90 bits per heavy atom. The van der Waals surface area contributed by atoms with Crippen LogP contribution in [0.15, 0.2) is 4.99 Å². The van der Waals surface area contributed by atoms with E-state index in [0.29, 0.717) is 17.9 Å². The zero-order chi connectivity index (χ0) is 15.2. The number of nitrogens with one attached hydrogen (secondary N) is 1. The van der Waals surface area contributed by atoms with Gasteiger partial charge in [0.1, 0.15) is 0 Å². The molecule has 0 aromatic carbocycles. The molecule has 0 amide bonds. The topological polar surface area (TPSA) is 53.6 Å². The first kappa shape index (κ1) is 16.6. The molecule has 1 aliphatic heterocycles. The highest BCUT2D eigenvalue weighted by Gasteiger charge is 2.25. The molecular weight excluding hydrogens is 260 g/mol. The van der Waals surface area contributed by atoms with Gasteiger partial charge in [-0.3, -0.25) is 9.89 Å². The standard InChI is InChI=1S/C17H34N4/c1-13(2)16(21-9-7-14(3)8-10-21)12-20-17(18)19-11-15-5-4-6-15/h13-16H,4-12H2,1-3H3,(H3,18,19,20). The first-order valence-electron chi connectivity index (χ1n) is 8.84. The number of hydrogen-bond donors (Lipinski definition) is 2. The predicted octanol–water partition coefficient (Wildman–Crippen LogP) is 2.45. The van der Waals surface area contributed by atoms with Gasteiger partial charge in [-0.15, -0.1) is 0 Å². The average molecular weight is 294 g/mol. The SMILES string of the molecule is CC1CCN(C(CN=C(N)NCC2CCC2)C(C)C)CC1. The van der Waals surface area contributed by atoms with Gasteiger partial charge >= 0.3 is 0 Å². The van der Waals surface area contributed by atoms with Gasteiger partial charge in [-0.05, 0) is 56.5 Å². The van der Waals surface area contributed by atoms with Crippen molar-refractivity contribution in [3.8, 4) is 0 Å². The molecule has 0 radical (unpaired) electrons. The van der Waals surface area contributed by atoms with Crippen molar-refractivity contribution in [1.82, 2.24) is 10.2 Å². The Balaban J connectivity index is 1.78. The Hall–Kier alpha value is -0.770. The molecule has 0 aromatic rings. The molecule has 0 spiro atoms. The largest absolute Gasteiger partial charge is 0.370 e. The summed E-state index contributed by atoms with van der Waals surface area (Å²) >= 11 is 0. The Morgan fingerprint density at radius 1 is 1.24 bits per heavy atom. The van der Waals surface area contributed by atoms with Gasteiger partial charge < -0.3 is 11.1 Å². The summed E-state index contributed by atoms with van der Waals surface area (Å²) < 4.78 is 0. The normalized spacial score (nSPS) is 24.1. The summed E-state index contributed by atoms with van der Waals surface area (Å²) in [7, 11) is 0. The number of nitrogens with zero attached hydrogens (tertiary/aromatic N) is 2. The van der Waals surface area contributed by atoms with E-state index >= 15 is 0 Å². The highest BCUT2D eigenvalue weighted by atomic mass is 15.2. The molecule has 3 N–H and O–H groups in total. The lowest BCUT2D eigenvalue weighted by Gasteiger charge is -2.38. The van der Waals surface area contributed by atoms with Crippen molar-refractivity contribution in [3.05, 3.63) is 0 Å². The van der Waals surface area contributed by atoms with Crippen molar-refractivity contribution in [2.45, 2.75) is 58.9 Å². The third-order valence-corrected chi connectivity index (χ3v) is 5.30. The van der Waals surface area contributed by atoms with E-state index in [1.165, 1.54) is 45.2 Å². The fourth-order valence-corrected chi connectivity index (χ4v) is 3.30. The fraction of sp³-hybridized carbons (Fsp3) is 0.941. The van der Waals surface area contributed by atoms with Gasteiger partial charge in [0.25, 0.3) is 0 Å². The smallest absolute Gasteiger partial charge is 0.188 e. The van der Waals surface area contributed by atoms with E-state index in [9.17, 15) is 0 Å². The minimum absolute atomic E-state index is 0.529. The molecule has 1 unspecified atom stereocenters. The van der Waals surface area contributed by atoms with E-state index in [2.05, 4.69) is 36.0 Å². The third kappa shape index (κ3) is 5.17. The Bertz CT molecular complexity index is 328. The number of likely N-dealkylation sites (tertiary alicyclic amines) is 1. The maximum absolute atomic E-state index is 6.02. The molecule has 1 saturated heterocycles. The molecule has 2 aliphatic rings. The number of nitrogens with two attached hydrogens (primary N) is 1. The highest BCUT2D eigenvalue weighted by Crippen LogP contribution is 2.25. The molecule has 0 aromatic heterocycles. The summed E-state index contributed by atoms with van der Waals surface area (Å²) in [6, 6.07) is 0.529. The summed E-state index contributed by atoms with van der Waals surface area (Å²) in [5.74, 6) is 2.97. The van der Waals surface area contributed by atoms with Crippen LogP contribution in [0.5, 0.6) is 0 Å². The number of piperidine rings is 1. The number of guanidine groups is 1. The fourth-order valence-electron chi connectivity index (χ4n) is 3.30. The lowest BCUT2D eigenvalue weighted by molar-refractivity contribution is 0.113. The zero-order valence-corrected chi connectivity index (χ0v) is 14.1. The second-order valence-corrected chi connectivity index (χ2v) is 7.43. The molecule has 1 aliphatic carbocycles. The first-order chi connectivity index (χ1) is 10.1. The number of aliphatic imine (C=N–C) groups is 1. The van der Waals surface area contributed by atoms with Gasteiger partial charge in [0.15, 0.2) is 5.96 Å². The van der Waals surface area contributed by atoms with E-state index in [-0.39, 0.29) is 0 Å². The zero-order valence-electron chi connectivity index (χ0n) is 14.1. The molecule has 4 heteroatoms. The monoisotopic (exact) mass is 294 g/mol. The van der Waals surface area contributed by atoms with Gasteiger partial charge in [0, 0.05) is 12.6 Å². The first-order valence-corrected chi connectivity index (χ1v) is 8.84. The van der Waals surface area contributed by atoms with Crippen molar-refractivity contribution >= 4 is 5.96 Å². The molecule has 0 bridgehead atoms. The van der Waals surface area contributed by atoms with Crippen LogP contribution in [0.25, 0.3) is 0 Å². The van der Waals surface area contributed by atoms with Crippen molar-refractivity contribution in [2.75, 3.05) is 26.2 Å². The van der Waals surface area contributed by atoms with Crippen LogP contribution >= 0.6 is 0 Å². The lowest BCUT2D eigenvalue weighted by atomic mass is 9.85. The summed E-state index contributed by atoms with van der Waals surface area (Å²) in [6.07, 6.45) is 6.72. The molecule has 4 nitrogen and oxygen atoms in total. The molecule has 21 heavy (non-hydrogen) atoms. The third-order valence-electron chi connectivity index (χ3n) is 5.30. The number of hydrogen-bond acceptors (Lipinski definition) is 2. The maximum Gasteiger partial charge on any atom is 0.188 e. The summed E-state index contributed by atoms with van der Waals surface area (Å²) in [5.41, 5.74) is 6.02. The van der Waals surface area contributed by atoms with Crippen molar-refractivity contribution in [1.29, 1.82) is 0 Å². The van der Waals surface area contributed by atoms with Gasteiger partial charge in [-0.25, -0.2) is 0 Å². The highest BCUT2D eigenvalue weighted by molar-refractivity contribution is 5.77. The van der Waals surface area contributed by atoms with Crippen LogP contribution in [0.2, 0.25) is 0 Å². The van der Waals surface area contributed by atoms with Crippen LogP contribution in [0.4, 0.5) is 0 Å². The van der Waals surface area contributed by atoms with Crippen LogP contribution in [-0.2, 0) is 0 Å².